The van der Waals surface area contributed by atoms with E-state index in [4.69, 9.17) is 9.47 Å². The number of aryl methyl sites for hydroxylation is 1. The van der Waals surface area contributed by atoms with E-state index in [1.54, 1.807) is 6.92 Å². The summed E-state index contributed by atoms with van der Waals surface area (Å²) in [6.07, 6.45) is 1.34. The maximum Gasteiger partial charge on any atom is 0.413 e. The zero-order valence-corrected chi connectivity index (χ0v) is 15.9. The summed E-state index contributed by atoms with van der Waals surface area (Å²) in [5.74, 6) is -0.175. The Morgan fingerprint density at radius 2 is 2.04 bits per heavy atom. The molecule has 0 aliphatic rings. The number of hydrogen-bond donors (Lipinski definition) is 1. The van der Waals surface area contributed by atoms with E-state index in [2.05, 4.69) is 10.3 Å². The van der Waals surface area contributed by atoms with Gasteiger partial charge < -0.3 is 9.47 Å². The third-order valence-electron chi connectivity index (χ3n) is 3.24. The fourth-order valence-electron chi connectivity index (χ4n) is 2.30. The van der Waals surface area contributed by atoms with Gasteiger partial charge in [-0.15, -0.1) is 0 Å². The average Bonchev–Trinajstić information content (AvgIpc) is 2.88. The molecule has 0 atom stereocenters. The van der Waals surface area contributed by atoms with Crippen LogP contribution in [0.5, 0.6) is 0 Å². The predicted octanol–water partition coefficient (Wildman–Crippen LogP) is 4.53. The van der Waals surface area contributed by atoms with Gasteiger partial charge >= 0.3 is 12.1 Å². The molecule has 0 bridgehead atoms. The Balaban J connectivity index is 2.04. The molecule has 136 valence electrons. The molecule has 0 aliphatic carbocycles. The zero-order chi connectivity index (χ0) is 18.4. The van der Waals surface area contributed by atoms with Crippen LogP contribution in [0.4, 0.5) is 9.93 Å². The van der Waals surface area contributed by atoms with Gasteiger partial charge in [-0.3, -0.25) is 10.1 Å². The number of amides is 1. The number of benzene rings is 1. The highest BCUT2D eigenvalue weighted by atomic mass is 32.1. The molecule has 0 spiro atoms. The molecule has 1 amide bonds. The maximum atomic E-state index is 11.9. The van der Waals surface area contributed by atoms with Crippen LogP contribution in [0.3, 0.4) is 0 Å². The molecular weight excluding hydrogens is 340 g/mol. The molecule has 1 aromatic carbocycles. The van der Waals surface area contributed by atoms with Crippen LogP contribution >= 0.6 is 11.3 Å². The summed E-state index contributed by atoms with van der Waals surface area (Å²) in [6, 6.07) is 5.85. The molecule has 6 nitrogen and oxygen atoms in total. The van der Waals surface area contributed by atoms with E-state index in [-0.39, 0.29) is 5.97 Å². The number of rotatable bonds is 6. The molecule has 0 aliphatic heterocycles. The van der Waals surface area contributed by atoms with E-state index in [0.717, 1.165) is 22.2 Å². The smallest absolute Gasteiger partial charge is 0.413 e. The van der Waals surface area contributed by atoms with Crippen LogP contribution in [0.15, 0.2) is 18.2 Å². The Bertz CT molecular complexity index is 749. The minimum Gasteiger partial charge on any atom is -0.466 e. The number of thiazole rings is 1. The summed E-state index contributed by atoms with van der Waals surface area (Å²) in [7, 11) is 0. The number of carbonyl (C=O) groups excluding carboxylic acids is 2. The lowest BCUT2D eigenvalue weighted by Gasteiger charge is -2.18. The van der Waals surface area contributed by atoms with E-state index in [0.29, 0.717) is 24.6 Å². The summed E-state index contributed by atoms with van der Waals surface area (Å²) in [4.78, 5) is 27.8. The summed E-state index contributed by atoms with van der Waals surface area (Å²) in [5.41, 5.74) is 1.38. The fourth-order valence-corrected chi connectivity index (χ4v) is 3.29. The van der Waals surface area contributed by atoms with Gasteiger partial charge in [0.25, 0.3) is 0 Å². The van der Waals surface area contributed by atoms with Crippen LogP contribution in [-0.2, 0) is 20.7 Å². The molecule has 0 saturated heterocycles. The van der Waals surface area contributed by atoms with Crippen LogP contribution in [0.25, 0.3) is 10.2 Å². The molecule has 0 fully saturated rings. The monoisotopic (exact) mass is 364 g/mol. The van der Waals surface area contributed by atoms with Crippen molar-refractivity contribution >= 4 is 38.7 Å². The van der Waals surface area contributed by atoms with Crippen molar-refractivity contribution in [3.05, 3.63) is 23.8 Å². The molecule has 7 heteroatoms. The van der Waals surface area contributed by atoms with Gasteiger partial charge in [0.15, 0.2) is 5.13 Å². The van der Waals surface area contributed by atoms with E-state index in [1.807, 2.05) is 39.0 Å². The first-order valence-corrected chi connectivity index (χ1v) is 9.14. The second-order valence-electron chi connectivity index (χ2n) is 6.57. The lowest BCUT2D eigenvalue weighted by Crippen LogP contribution is -2.27. The highest BCUT2D eigenvalue weighted by Crippen LogP contribution is 2.30. The Kier molecular flexibility index (Phi) is 6.36. The Labute approximate surface area is 151 Å². The normalized spacial score (nSPS) is 11.4. The van der Waals surface area contributed by atoms with Crippen molar-refractivity contribution in [3.63, 3.8) is 0 Å². The third-order valence-corrected chi connectivity index (χ3v) is 4.30. The lowest BCUT2D eigenvalue weighted by molar-refractivity contribution is -0.143. The zero-order valence-electron chi connectivity index (χ0n) is 15.0. The van der Waals surface area contributed by atoms with Gasteiger partial charge in [-0.05, 0) is 52.2 Å². The molecule has 25 heavy (non-hydrogen) atoms. The molecule has 0 radical (unpaired) electrons. The van der Waals surface area contributed by atoms with Gasteiger partial charge in [-0.2, -0.15) is 0 Å². The molecule has 0 unspecified atom stereocenters. The van der Waals surface area contributed by atoms with E-state index >= 15 is 0 Å². The van der Waals surface area contributed by atoms with Gasteiger partial charge in [0.1, 0.15) is 5.60 Å². The van der Waals surface area contributed by atoms with E-state index in [1.165, 1.54) is 11.3 Å². The third kappa shape index (κ3) is 6.01. The number of nitrogens with one attached hydrogen (secondary N) is 1. The predicted molar refractivity (Wildman–Crippen MR) is 99.0 cm³/mol. The first kappa shape index (κ1) is 19.2. The molecule has 2 rings (SSSR count). The number of esters is 1. The van der Waals surface area contributed by atoms with Crippen LogP contribution in [0, 0.1) is 0 Å². The summed E-state index contributed by atoms with van der Waals surface area (Å²) in [6.45, 7) is 7.64. The van der Waals surface area contributed by atoms with Crippen molar-refractivity contribution in [2.75, 3.05) is 11.9 Å². The standard InChI is InChI=1S/C18H24N2O4S/c1-5-23-14(21)11-7-9-12-8-6-10-13-15(12)25-16(19-13)20-17(22)24-18(2,3)4/h6,8,10H,5,7,9,11H2,1-4H3,(H,19,20,22). The number of hydrogen-bond acceptors (Lipinski definition) is 6. The van der Waals surface area contributed by atoms with Gasteiger partial charge in [0.05, 0.1) is 16.8 Å². The van der Waals surface area contributed by atoms with Gasteiger partial charge in [0.2, 0.25) is 0 Å². The topological polar surface area (TPSA) is 77.5 Å². The number of anilines is 1. The second kappa shape index (κ2) is 8.29. The molecular formula is C18H24N2O4S. The average molecular weight is 364 g/mol. The highest BCUT2D eigenvalue weighted by Gasteiger charge is 2.18. The fraction of sp³-hybridized carbons (Fsp3) is 0.500. The van der Waals surface area contributed by atoms with E-state index in [9.17, 15) is 9.59 Å². The van der Waals surface area contributed by atoms with E-state index < -0.39 is 11.7 Å². The molecule has 1 N–H and O–H groups in total. The molecule has 1 heterocycles. The molecule has 2 aromatic rings. The highest BCUT2D eigenvalue weighted by molar-refractivity contribution is 7.22. The first-order chi connectivity index (χ1) is 11.8. The van der Waals surface area contributed by atoms with Crippen LogP contribution in [-0.4, -0.2) is 29.3 Å². The van der Waals surface area contributed by atoms with Crippen molar-refractivity contribution in [2.24, 2.45) is 0 Å². The van der Waals surface area contributed by atoms with Crippen LogP contribution in [0.2, 0.25) is 0 Å². The number of aromatic nitrogens is 1. The lowest BCUT2D eigenvalue weighted by atomic mass is 10.1. The van der Waals surface area contributed by atoms with Crippen molar-refractivity contribution in [3.8, 4) is 0 Å². The summed E-state index contributed by atoms with van der Waals surface area (Å²) >= 11 is 1.41. The van der Waals surface area contributed by atoms with Gasteiger partial charge in [0, 0.05) is 6.42 Å². The maximum absolute atomic E-state index is 11.9. The van der Waals surface area contributed by atoms with Gasteiger partial charge in [-0.1, -0.05) is 23.5 Å². The number of ether oxygens (including phenoxy) is 2. The van der Waals surface area contributed by atoms with Gasteiger partial charge in [-0.25, -0.2) is 9.78 Å². The second-order valence-corrected chi connectivity index (χ2v) is 7.57. The van der Waals surface area contributed by atoms with Crippen molar-refractivity contribution in [1.29, 1.82) is 0 Å². The quantitative estimate of drug-likeness (QED) is 0.762. The summed E-state index contributed by atoms with van der Waals surface area (Å²) < 4.78 is 11.2. The minimum atomic E-state index is -0.557. The number of carbonyl (C=O) groups is 2. The van der Waals surface area contributed by atoms with Crippen molar-refractivity contribution < 1.29 is 19.1 Å². The Morgan fingerprint density at radius 1 is 1.28 bits per heavy atom. The molecule has 1 aromatic heterocycles. The largest absolute Gasteiger partial charge is 0.466 e. The van der Waals surface area contributed by atoms with Crippen molar-refractivity contribution in [1.82, 2.24) is 4.98 Å². The minimum absolute atomic E-state index is 0.175. The van der Waals surface area contributed by atoms with Crippen molar-refractivity contribution in [2.45, 2.75) is 52.6 Å². The number of nitrogens with zero attached hydrogens (tertiary/aromatic N) is 1. The SMILES string of the molecule is CCOC(=O)CCCc1cccc2nc(NC(=O)OC(C)(C)C)sc12. The van der Waals surface area contributed by atoms with Crippen LogP contribution in [0.1, 0.15) is 46.1 Å². The Hall–Kier alpha value is -2.15. The first-order valence-electron chi connectivity index (χ1n) is 8.32. The number of fused-ring (bicyclic) bond motifs is 1. The van der Waals surface area contributed by atoms with Crippen LogP contribution < -0.4 is 5.32 Å². The summed E-state index contributed by atoms with van der Waals surface area (Å²) in [5, 5.41) is 3.18. The Morgan fingerprint density at radius 3 is 2.72 bits per heavy atom. The molecule has 0 saturated carbocycles.